The van der Waals surface area contributed by atoms with Gasteiger partial charge in [0.25, 0.3) is 0 Å². The van der Waals surface area contributed by atoms with E-state index in [-0.39, 0.29) is 5.82 Å². The standard InChI is InChI=1S/C8H4FN3S/c9-5-2-1-3-6-7(5)12-4-10-11-8(12)13-6/h1-4H. The molecule has 0 N–H and O–H groups in total. The SMILES string of the molecule is Fc1cccc2sc3nncn3c12. The van der Waals surface area contributed by atoms with Crippen LogP contribution in [0.25, 0.3) is 15.2 Å². The highest BCUT2D eigenvalue weighted by atomic mass is 32.1. The van der Waals surface area contributed by atoms with Crippen LogP contribution < -0.4 is 0 Å². The smallest absolute Gasteiger partial charge is 0.217 e. The van der Waals surface area contributed by atoms with Crippen LogP contribution in [0.4, 0.5) is 4.39 Å². The molecule has 2 aromatic heterocycles. The van der Waals surface area contributed by atoms with E-state index in [1.54, 1.807) is 10.5 Å². The Kier molecular flexibility index (Phi) is 1.21. The van der Waals surface area contributed by atoms with E-state index in [2.05, 4.69) is 10.2 Å². The number of rotatable bonds is 0. The maximum absolute atomic E-state index is 13.4. The first-order chi connectivity index (χ1) is 6.36. The van der Waals surface area contributed by atoms with E-state index >= 15 is 0 Å². The average molecular weight is 193 g/mol. The number of halogens is 1. The molecule has 0 aliphatic carbocycles. The first kappa shape index (κ1) is 6.97. The first-order valence-corrected chi connectivity index (χ1v) is 4.54. The van der Waals surface area contributed by atoms with Crippen LogP contribution in [-0.2, 0) is 0 Å². The predicted molar refractivity (Wildman–Crippen MR) is 48.3 cm³/mol. The van der Waals surface area contributed by atoms with Crippen LogP contribution in [0.5, 0.6) is 0 Å². The van der Waals surface area contributed by atoms with E-state index in [1.807, 2.05) is 6.07 Å². The average Bonchev–Trinajstić information content (AvgIpc) is 2.62. The molecule has 3 rings (SSSR count). The Morgan fingerprint density at radius 3 is 3.23 bits per heavy atom. The van der Waals surface area contributed by atoms with Crippen molar-refractivity contribution in [3.63, 3.8) is 0 Å². The van der Waals surface area contributed by atoms with Gasteiger partial charge in [0.2, 0.25) is 4.96 Å². The van der Waals surface area contributed by atoms with E-state index in [0.29, 0.717) is 5.52 Å². The van der Waals surface area contributed by atoms with Gasteiger partial charge in [0.1, 0.15) is 17.7 Å². The van der Waals surface area contributed by atoms with Gasteiger partial charge in [0, 0.05) is 0 Å². The zero-order valence-corrected chi connectivity index (χ0v) is 7.25. The van der Waals surface area contributed by atoms with Gasteiger partial charge in [-0.2, -0.15) is 0 Å². The molecule has 0 aliphatic heterocycles. The minimum Gasteiger partial charge on any atom is -0.269 e. The van der Waals surface area contributed by atoms with Crippen LogP contribution in [0.15, 0.2) is 24.5 Å². The van der Waals surface area contributed by atoms with Gasteiger partial charge in [-0.05, 0) is 12.1 Å². The molecule has 0 amide bonds. The summed E-state index contributed by atoms with van der Waals surface area (Å²) < 4.78 is 15.9. The summed E-state index contributed by atoms with van der Waals surface area (Å²) in [6, 6.07) is 5.01. The van der Waals surface area contributed by atoms with Crippen LogP contribution in [0, 0.1) is 5.82 Å². The number of hydrogen-bond acceptors (Lipinski definition) is 3. The zero-order valence-electron chi connectivity index (χ0n) is 6.44. The highest BCUT2D eigenvalue weighted by molar-refractivity contribution is 7.23. The number of benzene rings is 1. The third-order valence-corrected chi connectivity index (χ3v) is 2.92. The molecule has 5 heteroatoms. The summed E-state index contributed by atoms with van der Waals surface area (Å²) in [5, 5.41) is 7.57. The molecule has 0 saturated heterocycles. The number of hydrogen-bond donors (Lipinski definition) is 0. The molecule has 1 aromatic carbocycles. The summed E-state index contributed by atoms with van der Waals surface area (Å²) in [4.78, 5) is 0.722. The summed E-state index contributed by atoms with van der Waals surface area (Å²) >= 11 is 1.43. The lowest BCUT2D eigenvalue weighted by atomic mass is 10.3. The molecule has 3 nitrogen and oxygen atoms in total. The van der Waals surface area contributed by atoms with Gasteiger partial charge in [-0.15, -0.1) is 10.2 Å². The molecule has 0 bridgehead atoms. The number of aromatic nitrogens is 3. The van der Waals surface area contributed by atoms with Gasteiger partial charge in [-0.1, -0.05) is 17.4 Å². The van der Waals surface area contributed by atoms with Crippen molar-refractivity contribution < 1.29 is 4.39 Å². The van der Waals surface area contributed by atoms with Crippen molar-refractivity contribution in [2.45, 2.75) is 0 Å². The molecule has 0 unspecified atom stereocenters. The molecule has 64 valence electrons. The molecule has 0 atom stereocenters. The molecule has 2 heterocycles. The normalized spacial score (nSPS) is 11.5. The lowest BCUT2D eigenvalue weighted by Crippen LogP contribution is -1.81. The highest BCUT2D eigenvalue weighted by Crippen LogP contribution is 2.26. The van der Waals surface area contributed by atoms with Gasteiger partial charge >= 0.3 is 0 Å². The lowest BCUT2D eigenvalue weighted by Gasteiger charge is -1.90. The largest absolute Gasteiger partial charge is 0.269 e. The van der Waals surface area contributed by atoms with E-state index in [1.165, 1.54) is 23.7 Å². The first-order valence-electron chi connectivity index (χ1n) is 3.73. The molecule has 0 saturated carbocycles. The Morgan fingerprint density at radius 1 is 1.38 bits per heavy atom. The summed E-state index contributed by atoms with van der Waals surface area (Å²) in [5.41, 5.74) is 0.563. The zero-order chi connectivity index (χ0) is 8.84. The van der Waals surface area contributed by atoms with Crippen LogP contribution in [0.2, 0.25) is 0 Å². The maximum Gasteiger partial charge on any atom is 0.217 e. The third-order valence-electron chi connectivity index (χ3n) is 1.91. The van der Waals surface area contributed by atoms with Crippen molar-refractivity contribution in [3.8, 4) is 0 Å². The predicted octanol–water partition coefficient (Wildman–Crippen LogP) is 2.08. The number of para-hydroxylation sites is 1. The van der Waals surface area contributed by atoms with Gasteiger partial charge < -0.3 is 0 Å². The summed E-state index contributed by atoms with van der Waals surface area (Å²) in [6.45, 7) is 0. The van der Waals surface area contributed by atoms with E-state index in [0.717, 1.165) is 9.66 Å². The Balaban J connectivity index is 2.68. The van der Waals surface area contributed by atoms with E-state index < -0.39 is 0 Å². The summed E-state index contributed by atoms with van der Waals surface area (Å²) in [5.74, 6) is -0.233. The Hall–Kier alpha value is -1.49. The number of thiazole rings is 1. The van der Waals surface area contributed by atoms with Crippen LogP contribution in [0.1, 0.15) is 0 Å². The fourth-order valence-electron chi connectivity index (χ4n) is 1.36. The van der Waals surface area contributed by atoms with Crippen LogP contribution >= 0.6 is 11.3 Å². The molecule has 0 aliphatic rings. The summed E-state index contributed by atoms with van der Waals surface area (Å²) in [6.07, 6.45) is 1.53. The van der Waals surface area contributed by atoms with Gasteiger partial charge in [-0.25, -0.2) is 4.39 Å². The lowest BCUT2D eigenvalue weighted by molar-refractivity contribution is 0.636. The van der Waals surface area contributed by atoms with Gasteiger partial charge in [0.05, 0.1) is 4.70 Å². The summed E-state index contributed by atoms with van der Waals surface area (Å²) in [7, 11) is 0. The van der Waals surface area contributed by atoms with Crippen molar-refractivity contribution in [2.75, 3.05) is 0 Å². The molecule has 0 radical (unpaired) electrons. The Morgan fingerprint density at radius 2 is 2.31 bits per heavy atom. The third kappa shape index (κ3) is 0.818. The quantitative estimate of drug-likeness (QED) is 0.547. The van der Waals surface area contributed by atoms with Crippen molar-refractivity contribution in [1.82, 2.24) is 14.6 Å². The number of fused-ring (bicyclic) bond motifs is 3. The van der Waals surface area contributed by atoms with Crippen molar-refractivity contribution >= 4 is 26.5 Å². The second-order valence-electron chi connectivity index (χ2n) is 2.67. The molecular weight excluding hydrogens is 189 g/mol. The molecule has 0 fully saturated rings. The fourth-order valence-corrected chi connectivity index (χ4v) is 2.32. The maximum atomic E-state index is 13.4. The number of nitrogens with zero attached hydrogens (tertiary/aromatic N) is 3. The second kappa shape index (κ2) is 2.26. The minimum atomic E-state index is -0.233. The van der Waals surface area contributed by atoms with Crippen LogP contribution in [-0.4, -0.2) is 14.6 Å². The highest BCUT2D eigenvalue weighted by Gasteiger charge is 2.08. The molecule has 3 aromatic rings. The molecule has 13 heavy (non-hydrogen) atoms. The fraction of sp³-hybridized carbons (Fsp3) is 0. The van der Waals surface area contributed by atoms with E-state index in [9.17, 15) is 4.39 Å². The van der Waals surface area contributed by atoms with Crippen molar-refractivity contribution in [2.24, 2.45) is 0 Å². The monoisotopic (exact) mass is 193 g/mol. The van der Waals surface area contributed by atoms with Crippen molar-refractivity contribution in [1.29, 1.82) is 0 Å². The van der Waals surface area contributed by atoms with E-state index in [4.69, 9.17) is 0 Å². The Labute approximate surface area is 76.4 Å². The van der Waals surface area contributed by atoms with Crippen molar-refractivity contribution in [3.05, 3.63) is 30.3 Å². The van der Waals surface area contributed by atoms with Gasteiger partial charge in [-0.3, -0.25) is 4.40 Å². The minimum absolute atomic E-state index is 0.233. The molecular formula is C8H4FN3S. The Bertz CT molecular complexity index is 583. The molecule has 0 spiro atoms. The topological polar surface area (TPSA) is 30.2 Å². The van der Waals surface area contributed by atoms with Gasteiger partial charge in [0.15, 0.2) is 0 Å². The van der Waals surface area contributed by atoms with Crippen LogP contribution in [0.3, 0.4) is 0 Å². The second-order valence-corrected chi connectivity index (χ2v) is 3.68.